The fourth-order valence-electron chi connectivity index (χ4n) is 2.30. The molecule has 1 aliphatic heterocycles. The van der Waals surface area contributed by atoms with Gasteiger partial charge in [-0.15, -0.1) is 0 Å². The van der Waals surface area contributed by atoms with Crippen LogP contribution in [0.1, 0.15) is 77.6 Å². The van der Waals surface area contributed by atoms with Crippen LogP contribution < -0.4 is 5.73 Å². The summed E-state index contributed by atoms with van der Waals surface area (Å²) in [6.45, 7) is 3.14. The van der Waals surface area contributed by atoms with Crippen molar-refractivity contribution >= 4 is 10.4 Å². The maximum atomic E-state index is 8.74. The highest BCUT2D eigenvalue weighted by Gasteiger charge is 2.32. The number of rotatable bonds is 10. The van der Waals surface area contributed by atoms with Crippen LogP contribution in [-0.4, -0.2) is 29.9 Å². The second kappa shape index (κ2) is 11.4. The van der Waals surface area contributed by atoms with Crippen molar-refractivity contribution in [2.24, 2.45) is 5.73 Å². The van der Waals surface area contributed by atoms with Gasteiger partial charge in [-0.25, -0.2) is 0 Å². The van der Waals surface area contributed by atoms with Gasteiger partial charge in [-0.05, 0) is 12.8 Å². The average molecular weight is 325 g/mol. The topological polar surface area (TPSA) is 110 Å². The van der Waals surface area contributed by atoms with Gasteiger partial charge in [0.25, 0.3) is 0 Å². The monoisotopic (exact) mass is 325 g/mol. The lowest BCUT2D eigenvalue weighted by molar-refractivity contribution is -0.148. The molecule has 1 atom stereocenters. The Kier molecular flexibility index (Phi) is 11.3. The fourth-order valence-corrected chi connectivity index (χ4v) is 2.30. The van der Waals surface area contributed by atoms with Gasteiger partial charge in [0.15, 0.2) is 0 Å². The van der Waals surface area contributed by atoms with E-state index in [0.29, 0.717) is 0 Å². The van der Waals surface area contributed by atoms with Crippen LogP contribution >= 0.6 is 0 Å². The van der Waals surface area contributed by atoms with Crippen molar-refractivity contribution in [2.45, 2.75) is 83.3 Å². The zero-order valence-corrected chi connectivity index (χ0v) is 13.9. The van der Waals surface area contributed by atoms with Gasteiger partial charge in [-0.1, -0.05) is 58.3 Å². The first-order valence-electron chi connectivity index (χ1n) is 7.89. The van der Waals surface area contributed by atoms with Crippen molar-refractivity contribution in [3.05, 3.63) is 0 Å². The largest absolute Gasteiger partial charge is 0.394 e. The summed E-state index contributed by atoms with van der Waals surface area (Å²) in [5, 5.41) is 0. The SMILES string of the molecule is CCCCCCCCCCCC1(N)CCO1.O=S(=O)(O)O. The molecule has 128 valence electrons. The third-order valence-corrected chi connectivity index (χ3v) is 3.62. The molecule has 0 saturated carbocycles. The van der Waals surface area contributed by atoms with Crippen LogP contribution in [-0.2, 0) is 15.1 Å². The Bertz CT molecular complexity index is 333. The van der Waals surface area contributed by atoms with E-state index in [9.17, 15) is 0 Å². The Morgan fingerprint density at radius 3 is 1.71 bits per heavy atom. The molecule has 0 aliphatic carbocycles. The quantitative estimate of drug-likeness (QED) is 0.420. The molecule has 0 aromatic heterocycles. The van der Waals surface area contributed by atoms with Gasteiger partial charge in [0.05, 0.1) is 6.61 Å². The van der Waals surface area contributed by atoms with E-state index >= 15 is 0 Å². The summed E-state index contributed by atoms with van der Waals surface area (Å²) in [7, 11) is -4.67. The zero-order valence-electron chi connectivity index (χ0n) is 13.1. The Morgan fingerprint density at radius 2 is 1.38 bits per heavy atom. The van der Waals surface area contributed by atoms with Crippen molar-refractivity contribution in [3.8, 4) is 0 Å². The van der Waals surface area contributed by atoms with Crippen molar-refractivity contribution in [1.29, 1.82) is 0 Å². The molecule has 4 N–H and O–H groups in total. The van der Waals surface area contributed by atoms with E-state index in [1.54, 1.807) is 0 Å². The Balaban J connectivity index is 0.000000690. The molecule has 21 heavy (non-hydrogen) atoms. The maximum absolute atomic E-state index is 8.74. The van der Waals surface area contributed by atoms with E-state index in [4.69, 9.17) is 28.0 Å². The van der Waals surface area contributed by atoms with Gasteiger partial charge in [0, 0.05) is 6.42 Å². The molecule has 0 amide bonds. The molecule has 1 rings (SSSR count). The molecule has 1 saturated heterocycles. The van der Waals surface area contributed by atoms with Crippen molar-refractivity contribution in [2.75, 3.05) is 6.61 Å². The average Bonchev–Trinajstić information content (AvgIpc) is 2.33. The molecule has 0 aromatic carbocycles. The van der Waals surface area contributed by atoms with Crippen LogP contribution in [0.15, 0.2) is 0 Å². The summed E-state index contributed by atoms with van der Waals surface area (Å²) in [4.78, 5) is 0. The number of hydrogen-bond acceptors (Lipinski definition) is 4. The number of ether oxygens (including phenoxy) is 1. The molecular weight excluding hydrogens is 294 g/mol. The second-order valence-electron chi connectivity index (χ2n) is 5.69. The maximum Gasteiger partial charge on any atom is 0.394 e. The lowest BCUT2D eigenvalue weighted by Crippen LogP contribution is -2.51. The van der Waals surface area contributed by atoms with Crippen molar-refractivity contribution < 1.29 is 22.3 Å². The van der Waals surface area contributed by atoms with Gasteiger partial charge in [-0.2, -0.15) is 8.42 Å². The second-order valence-corrected chi connectivity index (χ2v) is 6.59. The summed E-state index contributed by atoms with van der Waals surface area (Å²) in [5.41, 5.74) is 5.74. The summed E-state index contributed by atoms with van der Waals surface area (Å²) in [5.74, 6) is 0. The fraction of sp³-hybridized carbons (Fsp3) is 1.00. The third kappa shape index (κ3) is 16.0. The Hall–Kier alpha value is -0.210. The van der Waals surface area contributed by atoms with E-state index in [-0.39, 0.29) is 5.72 Å². The smallest absolute Gasteiger partial charge is 0.361 e. The number of nitrogens with two attached hydrogens (primary N) is 1. The van der Waals surface area contributed by atoms with Crippen molar-refractivity contribution in [1.82, 2.24) is 0 Å². The molecule has 1 fully saturated rings. The summed E-state index contributed by atoms with van der Waals surface area (Å²) in [6, 6.07) is 0. The molecule has 0 spiro atoms. The highest BCUT2D eigenvalue weighted by atomic mass is 32.3. The minimum Gasteiger partial charge on any atom is -0.361 e. The van der Waals surface area contributed by atoms with Gasteiger partial charge < -0.3 is 10.5 Å². The third-order valence-electron chi connectivity index (χ3n) is 3.62. The highest BCUT2D eigenvalue weighted by molar-refractivity contribution is 7.79. The molecule has 7 heteroatoms. The first-order valence-corrected chi connectivity index (χ1v) is 9.29. The van der Waals surface area contributed by atoms with E-state index in [1.165, 1.54) is 57.8 Å². The van der Waals surface area contributed by atoms with Crippen LogP contribution in [0.2, 0.25) is 0 Å². The number of unbranched alkanes of at least 4 members (excludes halogenated alkanes) is 8. The minimum absolute atomic E-state index is 0.235. The van der Waals surface area contributed by atoms with Gasteiger partial charge in [0.1, 0.15) is 5.72 Å². The van der Waals surface area contributed by atoms with E-state index in [0.717, 1.165) is 19.4 Å². The van der Waals surface area contributed by atoms with Crippen LogP contribution in [0, 0.1) is 0 Å². The molecule has 6 nitrogen and oxygen atoms in total. The van der Waals surface area contributed by atoms with Gasteiger partial charge in [-0.3, -0.25) is 9.11 Å². The lowest BCUT2D eigenvalue weighted by Gasteiger charge is -2.38. The van der Waals surface area contributed by atoms with E-state index in [1.807, 2.05) is 0 Å². The highest BCUT2D eigenvalue weighted by Crippen LogP contribution is 2.26. The molecular formula is C14H31NO5S. The zero-order chi connectivity index (χ0) is 16.2. The first kappa shape index (κ1) is 20.8. The van der Waals surface area contributed by atoms with Gasteiger partial charge >= 0.3 is 10.4 Å². The van der Waals surface area contributed by atoms with Crippen LogP contribution in [0.3, 0.4) is 0 Å². The Labute approximate surface area is 129 Å². The first-order chi connectivity index (χ1) is 9.77. The molecule has 0 radical (unpaired) electrons. The standard InChI is InChI=1S/C14H29NO.H2O4S/c1-2-3-4-5-6-7-8-9-10-11-14(15)12-13-16-14;1-5(2,3)4/h2-13,15H2,1H3;(H2,1,2,3,4). The van der Waals surface area contributed by atoms with Crippen LogP contribution in [0.25, 0.3) is 0 Å². The molecule has 1 heterocycles. The summed E-state index contributed by atoms with van der Waals surface area (Å²) >= 11 is 0. The van der Waals surface area contributed by atoms with E-state index < -0.39 is 10.4 Å². The molecule has 1 unspecified atom stereocenters. The lowest BCUT2D eigenvalue weighted by atomic mass is 9.97. The molecule has 1 aliphatic rings. The van der Waals surface area contributed by atoms with Gasteiger partial charge in [0.2, 0.25) is 0 Å². The predicted molar refractivity (Wildman–Crippen MR) is 83.5 cm³/mol. The number of hydrogen-bond donors (Lipinski definition) is 3. The molecule has 0 aromatic rings. The van der Waals surface area contributed by atoms with Crippen LogP contribution in [0.5, 0.6) is 0 Å². The minimum atomic E-state index is -4.67. The molecule has 0 bridgehead atoms. The predicted octanol–water partition coefficient (Wildman–Crippen LogP) is 3.33. The van der Waals surface area contributed by atoms with E-state index in [2.05, 4.69) is 6.92 Å². The van der Waals surface area contributed by atoms with Crippen LogP contribution in [0.4, 0.5) is 0 Å². The summed E-state index contributed by atoms with van der Waals surface area (Å²) in [6.07, 6.45) is 14.5. The normalized spacial score (nSPS) is 21.3. The van der Waals surface area contributed by atoms with Crippen molar-refractivity contribution in [3.63, 3.8) is 0 Å². The Morgan fingerprint density at radius 1 is 1.00 bits per heavy atom. The summed E-state index contributed by atoms with van der Waals surface area (Å²) < 4.78 is 37.0.